The Kier molecular flexibility index (Phi) is 7.33. The van der Waals surface area contributed by atoms with Crippen molar-refractivity contribution in [3.63, 3.8) is 0 Å². The van der Waals surface area contributed by atoms with Gasteiger partial charge in [0, 0.05) is 24.8 Å². The van der Waals surface area contributed by atoms with E-state index in [2.05, 4.69) is 32.6 Å². The molecule has 114 valence electrons. The Bertz CT molecular complexity index is 231. The second kappa shape index (κ2) is 8.23. The highest BCUT2D eigenvalue weighted by molar-refractivity contribution is 4.97. The molecule has 1 rings (SSSR count). The molecule has 0 aromatic rings. The predicted octanol–water partition coefficient (Wildman–Crippen LogP) is 3.03. The van der Waals surface area contributed by atoms with Crippen molar-refractivity contribution >= 4 is 0 Å². The van der Waals surface area contributed by atoms with Crippen LogP contribution < -0.4 is 5.73 Å². The second-order valence-electron chi connectivity index (χ2n) is 5.88. The summed E-state index contributed by atoms with van der Waals surface area (Å²) in [5.74, 6) is 0.761. The molecule has 0 aliphatic carbocycles. The van der Waals surface area contributed by atoms with Gasteiger partial charge in [-0.2, -0.15) is 0 Å². The zero-order valence-corrected chi connectivity index (χ0v) is 13.5. The van der Waals surface area contributed by atoms with Crippen LogP contribution in [0.25, 0.3) is 0 Å². The van der Waals surface area contributed by atoms with Crippen LogP contribution in [0.2, 0.25) is 0 Å². The Balaban J connectivity index is 2.72. The van der Waals surface area contributed by atoms with Crippen LogP contribution in [-0.4, -0.2) is 42.8 Å². The van der Waals surface area contributed by atoms with Crippen molar-refractivity contribution in [1.82, 2.24) is 4.90 Å². The molecule has 1 heterocycles. The fraction of sp³-hybridized carbons (Fsp3) is 1.00. The average Bonchev–Trinajstić information content (AvgIpc) is 2.45. The smallest absolute Gasteiger partial charge is 0.0468 e. The predicted molar refractivity (Wildman–Crippen MR) is 82.4 cm³/mol. The fourth-order valence-electron chi connectivity index (χ4n) is 3.87. The van der Waals surface area contributed by atoms with Crippen molar-refractivity contribution in [3.05, 3.63) is 0 Å². The van der Waals surface area contributed by atoms with Crippen LogP contribution in [-0.2, 0) is 4.74 Å². The highest BCUT2D eigenvalue weighted by atomic mass is 16.5. The van der Waals surface area contributed by atoms with Crippen molar-refractivity contribution in [3.8, 4) is 0 Å². The van der Waals surface area contributed by atoms with Gasteiger partial charge in [-0.15, -0.1) is 0 Å². The maximum absolute atomic E-state index is 6.67. The SMILES string of the molecule is CCN(CC)C(CC)(CC)C(N)CC1CCOCC1. The van der Waals surface area contributed by atoms with E-state index in [1.165, 1.54) is 12.8 Å². The molecule has 1 atom stereocenters. The molecule has 3 nitrogen and oxygen atoms in total. The summed E-state index contributed by atoms with van der Waals surface area (Å²) in [5.41, 5.74) is 6.86. The van der Waals surface area contributed by atoms with Gasteiger partial charge in [-0.1, -0.05) is 27.7 Å². The summed E-state index contributed by atoms with van der Waals surface area (Å²) in [6.07, 6.45) is 5.83. The Morgan fingerprint density at radius 2 is 1.63 bits per heavy atom. The second-order valence-corrected chi connectivity index (χ2v) is 5.88. The zero-order chi connectivity index (χ0) is 14.3. The van der Waals surface area contributed by atoms with E-state index in [0.29, 0.717) is 0 Å². The first-order valence-electron chi connectivity index (χ1n) is 8.22. The lowest BCUT2D eigenvalue weighted by atomic mass is 9.77. The van der Waals surface area contributed by atoms with Crippen LogP contribution in [0.5, 0.6) is 0 Å². The molecule has 3 heteroatoms. The minimum absolute atomic E-state index is 0.182. The third kappa shape index (κ3) is 3.93. The van der Waals surface area contributed by atoms with Crippen LogP contribution >= 0.6 is 0 Å². The van der Waals surface area contributed by atoms with Crippen LogP contribution in [0.3, 0.4) is 0 Å². The molecule has 0 saturated carbocycles. The summed E-state index contributed by atoms with van der Waals surface area (Å²) >= 11 is 0. The molecular formula is C16H34N2O. The van der Waals surface area contributed by atoms with Gasteiger partial charge < -0.3 is 10.5 Å². The largest absolute Gasteiger partial charge is 0.381 e. The molecule has 1 aliphatic heterocycles. The van der Waals surface area contributed by atoms with Crippen molar-refractivity contribution in [1.29, 1.82) is 0 Å². The standard InChI is InChI=1S/C16H34N2O/c1-5-16(6-2,18(7-3)8-4)15(17)13-14-9-11-19-12-10-14/h14-15H,5-13,17H2,1-4H3. The van der Waals surface area contributed by atoms with Crippen LogP contribution in [0.4, 0.5) is 0 Å². The lowest BCUT2D eigenvalue weighted by Gasteiger charge is -2.47. The molecule has 1 aliphatic rings. The van der Waals surface area contributed by atoms with E-state index in [0.717, 1.165) is 51.5 Å². The fourth-order valence-corrected chi connectivity index (χ4v) is 3.87. The lowest BCUT2D eigenvalue weighted by molar-refractivity contribution is 0.0299. The molecule has 1 unspecified atom stereocenters. The first-order valence-corrected chi connectivity index (χ1v) is 8.22. The van der Waals surface area contributed by atoms with Crippen LogP contribution in [0.1, 0.15) is 59.8 Å². The summed E-state index contributed by atoms with van der Waals surface area (Å²) in [5, 5.41) is 0. The van der Waals surface area contributed by atoms with Gasteiger partial charge in [0.15, 0.2) is 0 Å². The molecule has 1 fully saturated rings. The average molecular weight is 270 g/mol. The van der Waals surface area contributed by atoms with Gasteiger partial charge in [0.2, 0.25) is 0 Å². The van der Waals surface area contributed by atoms with E-state index in [1.807, 2.05) is 0 Å². The van der Waals surface area contributed by atoms with E-state index < -0.39 is 0 Å². The molecule has 0 bridgehead atoms. The maximum atomic E-state index is 6.67. The molecule has 0 spiro atoms. The first-order chi connectivity index (χ1) is 9.14. The van der Waals surface area contributed by atoms with Crippen molar-refractivity contribution in [2.45, 2.75) is 71.4 Å². The molecule has 0 aromatic carbocycles. The Hall–Kier alpha value is -0.120. The lowest BCUT2D eigenvalue weighted by Crippen LogP contribution is -2.60. The highest BCUT2D eigenvalue weighted by Crippen LogP contribution is 2.32. The number of ether oxygens (including phenoxy) is 1. The van der Waals surface area contributed by atoms with Gasteiger partial charge in [0.25, 0.3) is 0 Å². The van der Waals surface area contributed by atoms with Gasteiger partial charge in [0.1, 0.15) is 0 Å². The minimum atomic E-state index is 0.182. The van der Waals surface area contributed by atoms with E-state index in [1.54, 1.807) is 0 Å². The number of nitrogens with zero attached hydrogens (tertiary/aromatic N) is 1. The van der Waals surface area contributed by atoms with Gasteiger partial charge in [-0.3, -0.25) is 4.90 Å². The Labute approximate surface area is 119 Å². The van der Waals surface area contributed by atoms with Crippen LogP contribution in [0.15, 0.2) is 0 Å². The van der Waals surface area contributed by atoms with Gasteiger partial charge in [-0.25, -0.2) is 0 Å². The number of rotatable bonds is 8. The minimum Gasteiger partial charge on any atom is -0.381 e. The van der Waals surface area contributed by atoms with Gasteiger partial charge in [0.05, 0.1) is 0 Å². The van der Waals surface area contributed by atoms with Crippen molar-refractivity contribution in [2.75, 3.05) is 26.3 Å². The summed E-state index contributed by atoms with van der Waals surface area (Å²) in [6.45, 7) is 13.1. The third-order valence-corrected chi connectivity index (χ3v) is 5.24. The van der Waals surface area contributed by atoms with Crippen molar-refractivity contribution in [2.24, 2.45) is 11.7 Å². The highest BCUT2D eigenvalue weighted by Gasteiger charge is 2.38. The summed E-state index contributed by atoms with van der Waals surface area (Å²) in [4.78, 5) is 2.58. The topological polar surface area (TPSA) is 38.5 Å². The summed E-state index contributed by atoms with van der Waals surface area (Å²) in [7, 11) is 0. The molecule has 1 saturated heterocycles. The van der Waals surface area contributed by atoms with E-state index in [9.17, 15) is 0 Å². The Morgan fingerprint density at radius 3 is 2.05 bits per heavy atom. The van der Waals surface area contributed by atoms with Crippen LogP contribution in [0, 0.1) is 5.92 Å². The van der Waals surface area contributed by atoms with E-state index in [-0.39, 0.29) is 11.6 Å². The third-order valence-electron chi connectivity index (χ3n) is 5.24. The summed E-state index contributed by atoms with van der Waals surface area (Å²) < 4.78 is 5.46. The number of nitrogens with two attached hydrogens (primary N) is 1. The molecule has 19 heavy (non-hydrogen) atoms. The van der Waals surface area contributed by atoms with Gasteiger partial charge in [-0.05, 0) is 51.1 Å². The summed E-state index contributed by atoms with van der Waals surface area (Å²) in [6, 6.07) is 0.283. The number of likely N-dealkylation sites (N-methyl/N-ethyl adjacent to an activating group) is 1. The Morgan fingerprint density at radius 1 is 1.11 bits per heavy atom. The van der Waals surface area contributed by atoms with E-state index >= 15 is 0 Å². The normalized spacial score (nSPS) is 19.9. The zero-order valence-electron chi connectivity index (χ0n) is 13.5. The molecule has 0 aromatic heterocycles. The quantitative estimate of drug-likeness (QED) is 0.737. The molecule has 0 amide bonds. The van der Waals surface area contributed by atoms with E-state index in [4.69, 9.17) is 10.5 Å². The number of hydrogen-bond donors (Lipinski definition) is 1. The first kappa shape index (κ1) is 16.9. The molecule has 0 radical (unpaired) electrons. The maximum Gasteiger partial charge on any atom is 0.0468 e. The molecular weight excluding hydrogens is 236 g/mol. The van der Waals surface area contributed by atoms with Crippen molar-refractivity contribution < 1.29 is 4.74 Å². The molecule has 2 N–H and O–H groups in total. The number of hydrogen-bond acceptors (Lipinski definition) is 3. The monoisotopic (exact) mass is 270 g/mol. The van der Waals surface area contributed by atoms with Gasteiger partial charge >= 0.3 is 0 Å².